The van der Waals surface area contributed by atoms with Gasteiger partial charge in [-0.25, -0.2) is 4.79 Å². The Morgan fingerprint density at radius 1 is 1.19 bits per heavy atom. The topological polar surface area (TPSA) is 97.2 Å². The van der Waals surface area contributed by atoms with E-state index in [1.54, 1.807) is 12.1 Å². The molecule has 2 atom stereocenters. The summed E-state index contributed by atoms with van der Waals surface area (Å²) in [6, 6.07) is 14.6. The molecule has 0 saturated carbocycles. The number of nitrogens with zero attached hydrogens (tertiary/aromatic N) is 5. The number of urea groups is 1. The number of benzene rings is 2. The van der Waals surface area contributed by atoms with Crippen LogP contribution in [0.5, 0.6) is 5.75 Å². The number of hydrogen-bond acceptors (Lipinski definition) is 6. The number of likely N-dealkylation sites (tertiary alicyclic amines) is 1. The molecule has 3 aromatic rings. The molecule has 200 valence electrons. The molecule has 0 spiro atoms. The minimum absolute atomic E-state index is 0. The molecule has 1 aliphatic heterocycles. The molecule has 2 N–H and O–H groups in total. The summed E-state index contributed by atoms with van der Waals surface area (Å²) in [5.41, 5.74) is 1.94. The van der Waals surface area contributed by atoms with Crippen LogP contribution in [0.25, 0.3) is 5.69 Å². The summed E-state index contributed by atoms with van der Waals surface area (Å²) in [6.07, 6.45) is -3.98. The summed E-state index contributed by atoms with van der Waals surface area (Å²) < 4.78 is 46.1. The second-order valence-electron chi connectivity index (χ2n) is 8.48. The summed E-state index contributed by atoms with van der Waals surface area (Å²) >= 11 is 0. The molecule has 13 heteroatoms. The fourth-order valence-electron chi connectivity index (χ4n) is 4.50. The number of tetrazole rings is 1. The smallest absolute Gasteiger partial charge is 0.453 e. The maximum absolute atomic E-state index is 13.3. The van der Waals surface area contributed by atoms with Crippen molar-refractivity contribution in [1.82, 2.24) is 35.7 Å². The first-order chi connectivity index (χ1) is 17.3. The first-order valence-electron chi connectivity index (χ1n) is 11.7. The average molecular weight is 540 g/mol. The lowest BCUT2D eigenvalue weighted by Gasteiger charge is -2.39. The summed E-state index contributed by atoms with van der Waals surface area (Å²) in [7, 11) is 1.51. The summed E-state index contributed by atoms with van der Waals surface area (Å²) in [6.45, 7) is 3.92. The van der Waals surface area contributed by atoms with Crippen LogP contribution in [0.15, 0.2) is 48.5 Å². The Morgan fingerprint density at radius 3 is 2.62 bits per heavy atom. The molecule has 0 aliphatic carbocycles. The van der Waals surface area contributed by atoms with E-state index in [0.29, 0.717) is 48.6 Å². The minimum atomic E-state index is -4.69. The predicted molar refractivity (Wildman–Crippen MR) is 133 cm³/mol. The highest BCUT2D eigenvalue weighted by Crippen LogP contribution is 2.31. The number of carbonyl (C=O) groups is 1. The second kappa shape index (κ2) is 12.2. The Labute approximate surface area is 218 Å². The van der Waals surface area contributed by atoms with Gasteiger partial charge in [0.2, 0.25) is 0 Å². The van der Waals surface area contributed by atoms with Gasteiger partial charge in [0.15, 0.2) is 0 Å². The van der Waals surface area contributed by atoms with Crippen LogP contribution >= 0.6 is 12.4 Å². The molecule has 1 aliphatic rings. The minimum Gasteiger partial charge on any atom is -0.496 e. The number of rotatable bonds is 7. The normalized spacial score (nSPS) is 17.7. The summed E-state index contributed by atoms with van der Waals surface area (Å²) in [5.74, 6) is -0.634. The first kappa shape index (κ1) is 28.2. The van der Waals surface area contributed by atoms with Gasteiger partial charge in [-0.05, 0) is 47.5 Å². The zero-order valence-electron chi connectivity index (χ0n) is 20.4. The number of hydrogen-bond donors (Lipinski definition) is 2. The van der Waals surface area contributed by atoms with E-state index in [1.807, 2.05) is 42.2 Å². The van der Waals surface area contributed by atoms with Crippen molar-refractivity contribution in [3.63, 3.8) is 0 Å². The molecule has 4 rings (SSSR count). The second-order valence-corrected chi connectivity index (χ2v) is 8.48. The van der Waals surface area contributed by atoms with E-state index in [0.717, 1.165) is 5.56 Å². The van der Waals surface area contributed by atoms with E-state index in [-0.39, 0.29) is 36.1 Å². The van der Waals surface area contributed by atoms with Crippen LogP contribution in [0.4, 0.5) is 18.0 Å². The fraction of sp³-hybridized carbons (Fsp3) is 0.417. The van der Waals surface area contributed by atoms with Gasteiger partial charge in [-0.15, -0.1) is 17.5 Å². The molecule has 0 radical (unpaired) electrons. The van der Waals surface area contributed by atoms with Crippen molar-refractivity contribution in [3.05, 3.63) is 65.5 Å². The molecule has 1 fully saturated rings. The molecule has 0 bridgehead atoms. The van der Waals surface area contributed by atoms with Gasteiger partial charge >= 0.3 is 12.2 Å². The lowest BCUT2D eigenvalue weighted by molar-refractivity contribution is -0.146. The Balaban J connectivity index is 0.00000380. The van der Waals surface area contributed by atoms with Gasteiger partial charge in [-0.3, -0.25) is 0 Å². The van der Waals surface area contributed by atoms with Crippen molar-refractivity contribution in [3.8, 4) is 11.4 Å². The van der Waals surface area contributed by atoms with Crippen LogP contribution in [0, 0.1) is 0 Å². The van der Waals surface area contributed by atoms with Gasteiger partial charge in [0, 0.05) is 43.7 Å². The number of nitrogens with one attached hydrogen (secondary N) is 2. The molecule has 2 heterocycles. The van der Waals surface area contributed by atoms with Crippen LogP contribution in [0.1, 0.15) is 36.2 Å². The molecule has 2 aromatic carbocycles. The van der Waals surface area contributed by atoms with Crippen molar-refractivity contribution in [2.75, 3.05) is 26.7 Å². The van der Waals surface area contributed by atoms with Crippen LogP contribution in [-0.2, 0) is 12.7 Å². The third-order valence-corrected chi connectivity index (χ3v) is 6.24. The van der Waals surface area contributed by atoms with Gasteiger partial charge in [0.1, 0.15) is 5.75 Å². The monoisotopic (exact) mass is 539 g/mol. The number of aromatic nitrogens is 4. The third-order valence-electron chi connectivity index (χ3n) is 6.24. The number of amides is 2. The average Bonchev–Trinajstić information content (AvgIpc) is 3.39. The van der Waals surface area contributed by atoms with Crippen molar-refractivity contribution in [1.29, 1.82) is 0 Å². The van der Waals surface area contributed by atoms with Crippen molar-refractivity contribution in [2.24, 2.45) is 0 Å². The zero-order chi connectivity index (χ0) is 25.7. The molecular formula is C24H29ClF3N7O2. The molecule has 0 unspecified atom stereocenters. The lowest BCUT2D eigenvalue weighted by atomic mass is 9.86. The maximum Gasteiger partial charge on any atom is 0.453 e. The molecule has 1 aromatic heterocycles. The number of methoxy groups -OCH3 is 1. The molecule has 2 amide bonds. The van der Waals surface area contributed by atoms with Gasteiger partial charge in [0.05, 0.1) is 12.8 Å². The Morgan fingerprint density at radius 2 is 1.95 bits per heavy atom. The highest BCUT2D eigenvalue weighted by atomic mass is 35.5. The predicted octanol–water partition coefficient (Wildman–Crippen LogP) is 3.79. The zero-order valence-corrected chi connectivity index (χ0v) is 21.2. The fourth-order valence-corrected chi connectivity index (χ4v) is 4.50. The SMILES string of the molecule is CCNC(=O)N1CC[C@@H](NCc2cc(-n3nnnc3C(F)(F)F)ccc2OC)[C@@H](c2ccccc2)C1.Cl. The van der Waals surface area contributed by atoms with Gasteiger partial charge in [-0.1, -0.05) is 30.3 Å². The molecular weight excluding hydrogens is 511 g/mol. The van der Waals surface area contributed by atoms with Crippen LogP contribution in [0.2, 0.25) is 0 Å². The van der Waals surface area contributed by atoms with Gasteiger partial charge in [0.25, 0.3) is 5.82 Å². The number of piperidine rings is 1. The third kappa shape index (κ3) is 6.50. The molecule has 1 saturated heterocycles. The van der Waals surface area contributed by atoms with Crippen molar-refractivity contribution < 1.29 is 22.7 Å². The Kier molecular flexibility index (Phi) is 9.33. The summed E-state index contributed by atoms with van der Waals surface area (Å²) in [4.78, 5) is 14.3. The van der Waals surface area contributed by atoms with Crippen LogP contribution in [-0.4, -0.2) is 63.9 Å². The number of alkyl halides is 3. The quantitative estimate of drug-likeness (QED) is 0.474. The van der Waals surface area contributed by atoms with Crippen LogP contribution in [0.3, 0.4) is 0 Å². The number of halogens is 4. The first-order valence-corrected chi connectivity index (χ1v) is 11.7. The maximum atomic E-state index is 13.3. The Bertz CT molecular complexity index is 1180. The highest BCUT2D eigenvalue weighted by molar-refractivity contribution is 5.85. The van der Waals surface area contributed by atoms with Crippen molar-refractivity contribution >= 4 is 18.4 Å². The summed E-state index contributed by atoms with van der Waals surface area (Å²) in [5, 5.41) is 16.3. The van der Waals surface area contributed by atoms with Crippen LogP contribution < -0.4 is 15.4 Å². The Hall–Kier alpha value is -3.38. The largest absolute Gasteiger partial charge is 0.496 e. The van der Waals surface area contributed by atoms with E-state index >= 15 is 0 Å². The van der Waals surface area contributed by atoms with E-state index in [1.165, 1.54) is 13.2 Å². The van der Waals surface area contributed by atoms with E-state index in [4.69, 9.17) is 4.74 Å². The lowest BCUT2D eigenvalue weighted by Crippen LogP contribution is -2.52. The van der Waals surface area contributed by atoms with Gasteiger partial charge < -0.3 is 20.3 Å². The molecule has 37 heavy (non-hydrogen) atoms. The van der Waals surface area contributed by atoms with E-state index in [9.17, 15) is 18.0 Å². The van der Waals surface area contributed by atoms with E-state index < -0.39 is 12.0 Å². The van der Waals surface area contributed by atoms with Crippen molar-refractivity contribution in [2.45, 2.75) is 38.0 Å². The highest BCUT2D eigenvalue weighted by Gasteiger charge is 2.38. The number of carbonyl (C=O) groups excluding carboxylic acids is 1. The standard InChI is InChI=1S/C24H28F3N7O2.ClH/c1-3-28-23(35)33-12-11-20(19(15-33)16-7-5-4-6-8-16)29-14-17-13-18(9-10-21(17)36-2)34-22(24(25,26)27)30-31-32-34;/h4-10,13,19-20,29H,3,11-12,14-15H2,1-2H3,(H,28,35);1H/t19-,20-;/m1./s1. The number of ether oxygens (including phenoxy) is 1. The van der Waals surface area contributed by atoms with Gasteiger partial charge in [-0.2, -0.15) is 17.9 Å². The van der Waals surface area contributed by atoms with E-state index in [2.05, 4.69) is 26.2 Å². The molecule has 9 nitrogen and oxygen atoms in total.